The maximum absolute atomic E-state index is 12.3. The van der Waals surface area contributed by atoms with Gasteiger partial charge in [0.25, 0.3) is 5.91 Å². The van der Waals surface area contributed by atoms with Crippen LogP contribution in [0, 0.1) is 13.8 Å². The fourth-order valence-electron chi connectivity index (χ4n) is 2.84. The van der Waals surface area contributed by atoms with Gasteiger partial charge in [-0.05, 0) is 55.3 Å². The van der Waals surface area contributed by atoms with Gasteiger partial charge in [0, 0.05) is 29.7 Å². The van der Waals surface area contributed by atoms with Crippen molar-refractivity contribution in [3.8, 4) is 17.2 Å². The SMILES string of the molecule is Cc1cccc(OCC(=O)Nc2ccc3nc(-c4ccncc4)oc3c2)c1C. The zero-order valence-corrected chi connectivity index (χ0v) is 15.6. The molecule has 0 aliphatic carbocycles. The van der Waals surface area contributed by atoms with Gasteiger partial charge in [0.2, 0.25) is 5.89 Å². The first-order valence-electron chi connectivity index (χ1n) is 8.90. The summed E-state index contributed by atoms with van der Waals surface area (Å²) in [6, 6.07) is 14.8. The van der Waals surface area contributed by atoms with Gasteiger partial charge in [-0.2, -0.15) is 0 Å². The number of aromatic nitrogens is 2. The Balaban J connectivity index is 1.45. The van der Waals surface area contributed by atoms with Crippen molar-refractivity contribution in [1.82, 2.24) is 9.97 Å². The molecule has 4 rings (SSSR count). The minimum Gasteiger partial charge on any atom is -0.483 e. The Bertz CT molecular complexity index is 1140. The monoisotopic (exact) mass is 373 g/mol. The van der Waals surface area contributed by atoms with Crippen LogP contribution in [-0.4, -0.2) is 22.5 Å². The molecule has 0 unspecified atom stereocenters. The van der Waals surface area contributed by atoms with Gasteiger partial charge >= 0.3 is 0 Å². The quantitative estimate of drug-likeness (QED) is 0.556. The molecule has 0 saturated heterocycles. The maximum Gasteiger partial charge on any atom is 0.262 e. The topological polar surface area (TPSA) is 77.2 Å². The van der Waals surface area contributed by atoms with E-state index >= 15 is 0 Å². The van der Waals surface area contributed by atoms with Crippen LogP contribution in [-0.2, 0) is 4.79 Å². The minimum atomic E-state index is -0.242. The second-order valence-corrected chi connectivity index (χ2v) is 6.47. The van der Waals surface area contributed by atoms with E-state index in [1.807, 2.05) is 50.2 Å². The molecule has 2 aromatic carbocycles. The van der Waals surface area contributed by atoms with Crippen molar-refractivity contribution in [2.45, 2.75) is 13.8 Å². The second-order valence-electron chi connectivity index (χ2n) is 6.47. The zero-order chi connectivity index (χ0) is 19.5. The van der Waals surface area contributed by atoms with Crippen molar-refractivity contribution in [3.05, 3.63) is 72.1 Å². The molecule has 0 spiro atoms. The molecule has 2 aromatic heterocycles. The number of oxazole rings is 1. The number of hydrogen-bond acceptors (Lipinski definition) is 5. The molecule has 2 heterocycles. The Morgan fingerprint density at radius 1 is 1.11 bits per heavy atom. The van der Waals surface area contributed by atoms with Crippen molar-refractivity contribution in [2.24, 2.45) is 0 Å². The van der Waals surface area contributed by atoms with E-state index in [4.69, 9.17) is 9.15 Å². The van der Waals surface area contributed by atoms with E-state index in [0.29, 0.717) is 22.9 Å². The van der Waals surface area contributed by atoms with Gasteiger partial charge in [0.1, 0.15) is 11.3 Å². The smallest absolute Gasteiger partial charge is 0.262 e. The molecule has 0 atom stereocenters. The predicted octanol–water partition coefficient (Wildman–Crippen LogP) is 4.52. The number of carbonyl (C=O) groups excluding carboxylic acids is 1. The third kappa shape index (κ3) is 3.71. The normalized spacial score (nSPS) is 10.8. The molecule has 140 valence electrons. The van der Waals surface area contributed by atoms with E-state index in [1.165, 1.54) is 0 Å². The molecular formula is C22H19N3O3. The molecular weight excluding hydrogens is 354 g/mol. The van der Waals surface area contributed by atoms with Crippen LogP contribution < -0.4 is 10.1 Å². The fourth-order valence-corrected chi connectivity index (χ4v) is 2.84. The van der Waals surface area contributed by atoms with Gasteiger partial charge in [0.15, 0.2) is 12.2 Å². The van der Waals surface area contributed by atoms with E-state index in [2.05, 4.69) is 15.3 Å². The van der Waals surface area contributed by atoms with Crippen molar-refractivity contribution >= 4 is 22.7 Å². The van der Waals surface area contributed by atoms with Crippen molar-refractivity contribution in [3.63, 3.8) is 0 Å². The molecule has 0 aliphatic heterocycles. The van der Waals surface area contributed by atoms with Crippen LogP contribution in [0.4, 0.5) is 5.69 Å². The van der Waals surface area contributed by atoms with Crippen molar-refractivity contribution in [1.29, 1.82) is 0 Å². The summed E-state index contributed by atoms with van der Waals surface area (Å²) < 4.78 is 11.5. The number of pyridine rings is 1. The molecule has 1 amide bonds. The first-order chi connectivity index (χ1) is 13.6. The summed E-state index contributed by atoms with van der Waals surface area (Å²) >= 11 is 0. The van der Waals surface area contributed by atoms with Gasteiger partial charge in [-0.3, -0.25) is 9.78 Å². The highest BCUT2D eigenvalue weighted by molar-refractivity contribution is 5.94. The fraction of sp³-hybridized carbons (Fsp3) is 0.136. The average molecular weight is 373 g/mol. The Kier molecular flexibility index (Phi) is 4.76. The number of nitrogens with one attached hydrogen (secondary N) is 1. The highest BCUT2D eigenvalue weighted by Crippen LogP contribution is 2.26. The highest BCUT2D eigenvalue weighted by atomic mass is 16.5. The number of fused-ring (bicyclic) bond motifs is 1. The van der Waals surface area contributed by atoms with Crippen LogP contribution >= 0.6 is 0 Å². The van der Waals surface area contributed by atoms with Crippen LogP contribution in [0.2, 0.25) is 0 Å². The molecule has 0 radical (unpaired) electrons. The lowest BCUT2D eigenvalue weighted by atomic mass is 10.1. The lowest BCUT2D eigenvalue weighted by molar-refractivity contribution is -0.118. The van der Waals surface area contributed by atoms with E-state index in [1.54, 1.807) is 24.5 Å². The van der Waals surface area contributed by atoms with E-state index in [9.17, 15) is 4.79 Å². The molecule has 6 heteroatoms. The van der Waals surface area contributed by atoms with Gasteiger partial charge < -0.3 is 14.5 Å². The van der Waals surface area contributed by atoms with Crippen molar-refractivity contribution < 1.29 is 13.9 Å². The van der Waals surface area contributed by atoms with Crippen molar-refractivity contribution in [2.75, 3.05) is 11.9 Å². The number of ether oxygens (including phenoxy) is 1. The molecule has 0 aliphatic rings. The largest absolute Gasteiger partial charge is 0.483 e. The number of benzene rings is 2. The number of aryl methyl sites for hydroxylation is 1. The summed E-state index contributed by atoms with van der Waals surface area (Å²) in [5, 5.41) is 2.83. The Hall–Kier alpha value is -3.67. The summed E-state index contributed by atoms with van der Waals surface area (Å²) in [7, 11) is 0. The number of carbonyl (C=O) groups is 1. The number of hydrogen-bond donors (Lipinski definition) is 1. The first kappa shape index (κ1) is 17.7. The summed E-state index contributed by atoms with van der Waals surface area (Å²) in [4.78, 5) is 20.7. The molecule has 0 bridgehead atoms. The van der Waals surface area contributed by atoms with Gasteiger partial charge in [-0.25, -0.2) is 4.98 Å². The summed E-state index contributed by atoms with van der Waals surface area (Å²) in [5.41, 5.74) is 4.94. The van der Waals surface area contributed by atoms with E-state index in [0.717, 1.165) is 22.2 Å². The Labute approximate surface area is 162 Å². The van der Waals surface area contributed by atoms with Crippen LogP contribution in [0.5, 0.6) is 5.75 Å². The Morgan fingerprint density at radius 3 is 2.75 bits per heavy atom. The number of rotatable bonds is 5. The lowest BCUT2D eigenvalue weighted by Crippen LogP contribution is -2.20. The third-order valence-corrected chi connectivity index (χ3v) is 4.51. The number of anilines is 1. The maximum atomic E-state index is 12.3. The molecule has 28 heavy (non-hydrogen) atoms. The van der Waals surface area contributed by atoms with E-state index < -0.39 is 0 Å². The molecule has 6 nitrogen and oxygen atoms in total. The molecule has 0 saturated carbocycles. The minimum absolute atomic E-state index is 0.0685. The van der Waals surface area contributed by atoms with Crippen LogP contribution in [0.25, 0.3) is 22.6 Å². The summed E-state index contributed by atoms with van der Waals surface area (Å²) in [5.74, 6) is 0.982. The Morgan fingerprint density at radius 2 is 1.93 bits per heavy atom. The van der Waals surface area contributed by atoms with Gasteiger partial charge in [-0.1, -0.05) is 12.1 Å². The summed E-state index contributed by atoms with van der Waals surface area (Å²) in [6.07, 6.45) is 3.37. The zero-order valence-electron chi connectivity index (χ0n) is 15.6. The standard InChI is InChI=1S/C22H19N3O3/c1-14-4-3-5-19(15(14)2)27-13-21(26)24-17-6-7-18-20(12-17)28-22(25-18)16-8-10-23-11-9-16/h3-12H,13H2,1-2H3,(H,24,26). The summed E-state index contributed by atoms with van der Waals surface area (Å²) in [6.45, 7) is 3.91. The van der Waals surface area contributed by atoms with Crippen LogP contribution in [0.3, 0.4) is 0 Å². The number of amides is 1. The van der Waals surface area contributed by atoms with Crippen LogP contribution in [0.1, 0.15) is 11.1 Å². The lowest BCUT2D eigenvalue weighted by Gasteiger charge is -2.11. The second kappa shape index (κ2) is 7.52. The van der Waals surface area contributed by atoms with Crippen LogP contribution in [0.15, 0.2) is 65.3 Å². The first-order valence-corrected chi connectivity index (χ1v) is 8.90. The van der Waals surface area contributed by atoms with Gasteiger partial charge in [-0.15, -0.1) is 0 Å². The highest BCUT2D eigenvalue weighted by Gasteiger charge is 2.11. The molecule has 1 N–H and O–H groups in total. The van der Waals surface area contributed by atoms with Gasteiger partial charge in [0.05, 0.1) is 0 Å². The van der Waals surface area contributed by atoms with E-state index in [-0.39, 0.29) is 12.5 Å². The molecule has 4 aromatic rings. The average Bonchev–Trinajstić information content (AvgIpc) is 3.13. The molecule has 0 fully saturated rings. The number of nitrogens with zero attached hydrogens (tertiary/aromatic N) is 2. The third-order valence-electron chi connectivity index (χ3n) is 4.51. The predicted molar refractivity (Wildman–Crippen MR) is 107 cm³/mol.